The lowest BCUT2D eigenvalue weighted by molar-refractivity contribution is -0.161. The van der Waals surface area contributed by atoms with Gasteiger partial charge in [0.15, 0.2) is 6.10 Å². The van der Waals surface area contributed by atoms with Crippen molar-refractivity contribution in [3.05, 3.63) is 36.5 Å². The van der Waals surface area contributed by atoms with E-state index in [1.807, 2.05) is 0 Å². The summed E-state index contributed by atoms with van der Waals surface area (Å²) in [7, 11) is -4.72. The zero-order valence-electron chi connectivity index (χ0n) is 33.8. The molecule has 0 amide bonds. The lowest BCUT2D eigenvalue weighted by Crippen LogP contribution is -2.34. The summed E-state index contributed by atoms with van der Waals surface area (Å²) < 4.78 is 32.6. The molecule has 3 unspecified atom stereocenters. The number of phosphoric ester groups is 1. The number of esters is 2. The SMILES string of the molecule is CCCCC/C=C\CCCCCCCC(=O)OCC(COP(=O)(O)OCC(N)C(=O)O)OC(=O)CCCCCCCCC/C=C\C/C=C\CCCCCC. The van der Waals surface area contributed by atoms with E-state index in [9.17, 15) is 23.8 Å². The van der Waals surface area contributed by atoms with Crippen molar-refractivity contribution in [2.24, 2.45) is 5.73 Å². The number of hydrogen-bond acceptors (Lipinski definition) is 9. The van der Waals surface area contributed by atoms with E-state index >= 15 is 0 Å². The molecule has 0 aromatic rings. The molecular formula is C42H76NO10P. The predicted octanol–water partition coefficient (Wildman–Crippen LogP) is 10.8. The molecule has 0 saturated heterocycles. The van der Waals surface area contributed by atoms with Crippen molar-refractivity contribution in [1.29, 1.82) is 0 Å². The number of unbranched alkanes of at least 4 members (excludes halogenated alkanes) is 19. The smallest absolute Gasteiger partial charge is 0.472 e. The Bertz CT molecular complexity index is 1060. The molecule has 3 atom stereocenters. The van der Waals surface area contributed by atoms with E-state index in [-0.39, 0.29) is 19.4 Å². The molecule has 0 spiro atoms. The number of phosphoric acid groups is 1. The van der Waals surface area contributed by atoms with Gasteiger partial charge in [0.1, 0.15) is 12.6 Å². The van der Waals surface area contributed by atoms with E-state index in [1.165, 1.54) is 64.2 Å². The number of ether oxygens (including phenoxy) is 2. The van der Waals surface area contributed by atoms with Crippen LogP contribution >= 0.6 is 7.82 Å². The maximum absolute atomic E-state index is 12.6. The Hall–Kier alpha value is -2.30. The van der Waals surface area contributed by atoms with Crippen molar-refractivity contribution in [3.63, 3.8) is 0 Å². The maximum Gasteiger partial charge on any atom is 0.472 e. The second-order valence-electron chi connectivity index (χ2n) is 14.1. The summed E-state index contributed by atoms with van der Waals surface area (Å²) in [5.74, 6) is -2.40. The highest BCUT2D eigenvalue weighted by atomic mass is 31.2. The first-order valence-corrected chi connectivity index (χ1v) is 22.5. The Balaban J connectivity index is 4.39. The first-order chi connectivity index (χ1) is 26.1. The summed E-state index contributed by atoms with van der Waals surface area (Å²) in [4.78, 5) is 45.9. The van der Waals surface area contributed by atoms with Gasteiger partial charge >= 0.3 is 25.7 Å². The minimum Gasteiger partial charge on any atom is -0.480 e. The zero-order chi connectivity index (χ0) is 40.0. The molecule has 314 valence electrons. The van der Waals surface area contributed by atoms with E-state index in [1.54, 1.807) is 0 Å². The van der Waals surface area contributed by atoms with Crippen LogP contribution in [0.5, 0.6) is 0 Å². The van der Waals surface area contributed by atoms with Crippen LogP contribution in [0.1, 0.15) is 181 Å². The number of rotatable bonds is 39. The summed E-state index contributed by atoms with van der Waals surface area (Å²) in [5, 5.41) is 8.87. The third kappa shape index (κ3) is 36.7. The van der Waals surface area contributed by atoms with Crippen molar-refractivity contribution in [2.45, 2.75) is 193 Å². The van der Waals surface area contributed by atoms with Gasteiger partial charge in [0, 0.05) is 12.8 Å². The standard InChI is InChI=1S/C42H76NO10P/c1-3-5-7-9-11-13-15-17-18-19-20-21-22-24-26-28-30-32-34-41(45)53-38(36-51-54(48,49)52-37-39(43)42(46)47)35-50-40(44)33-31-29-27-25-23-16-14-12-10-8-6-4-2/h12-15,18-19,38-39H,3-11,16-17,20-37,43H2,1-2H3,(H,46,47)(H,48,49)/b14-12-,15-13-,19-18-. The van der Waals surface area contributed by atoms with E-state index in [4.69, 9.17) is 24.8 Å². The summed E-state index contributed by atoms with van der Waals surface area (Å²) in [6.07, 6.45) is 39.2. The van der Waals surface area contributed by atoms with Gasteiger partial charge in [-0.05, 0) is 70.6 Å². The summed E-state index contributed by atoms with van der Waals surface area (Å²) >= 11 is 0. The Morgan fingerprint density at radius 3 is 1.50 bits per heavy atom. The van der Waals surface area contributed by atoms with Gasteiger partial charge < -0.3 is 25.2 Å². The third-order valence-electron chi connectivity index (χ3n) is 8.86. The lowest BCUT2D eigenvalue weighted by Gasteiger charge is -2.20. The van der Waals surface area contributed by atoms with Crippen LogP contribution in [-0.2, 0) is 37.5 Å². The van der Waals surface area contributed by atoms with Crippen LogP contribution in [0.25, 0.3) is 0 Å². The molecule has 12 heteroatoms. The average molecular weight is 786 g/mol. The monoisotopic (exact) mass is 786 g/mol. The van der Waals surface area contributed by atoms with Crippen molar-refractivity contribution in [1.82, 2.24) is 0 Å². The topological polar surface area (TPSA) is 172 Å². The summed E-state index contributed by atoms with van der Waals surface area (Å²) in [6.45, 7) is 2.74. The van der Waals surface area contributed by atoms with Gasteiger partial charge in [0.2, 0.25) is 0 Å². The Morgan fingerprint density at radius 1 is 0.574 bits per heavy atom. The second kappa shape index (κ2) is 37.6. The summed E-state index contributed by atoms with van der Waals surface area (Å²) in [5.41, 5.74) is 5.32. The largest absolute Gasteiger partial charge is 0.480 e. The van der Waals surface area contributed by atoms with E-state index in [2.05, 4.69) is 54.8 Å². The molecule has 4 N–H and O–H groups in total. The first-order valence-electron chi connectivity index (χ1n) is 21.0. The molecular weight excluding hydrogens is 709 g/mol. The molecule has 0 radical (unpaired) electrons. The molecule has 0 aliphatic carbocycles. The first kappa shape index (κ1) is 51.7. The molecule has 0 aliphatic heterocycles. The number of carboxylic acids is 1. The molecule has 0 saturated carbocycles. The molecule has 0 aliphatic rings. The number of carbonyl (C=O) groups is 3. The van der Waals surface area contributed by atoms with Crippen LogP contribution in [0.4, 0.5) is 0 Å². The Kier molecular flexibility index (Phi) is 36.0. The average Bonchev–Trinajstić information content (AvgIpc) is 3.14. The number of nitrogens with two attached hydrogens (primary N) is 1. The van der Waals surface area contributed by atoms with Gasteiger partial charge in [-0.3, -0.25) is 23.4 Å². The fourth-order valence-corrected chi connectivity index (χ4v) is 6.28. The number of allylic oxidation sites excluding steroid dienone is 6. The zero-order valence-corrected chi connectivity index (χ0v) is 34.7. The molecule has 0 aromatic carbocycles. The van der Waals surface area contributed by atoms with Crippen LogP contribution in [0.2, 0.25) is 0 Å². The molecule has 11 nitrogen and oxygen atoms in total. The Morgan fingerprint density at radius 2 is 0.981 bits per heavy atom. The van der Waals surface area contributed by atoms with Gasteiger partial charge in [-0.2, -0.15) is 0 Å². The van der Waals surface area contributed by atoms with Gasteiger partial charge in [-0.1, -0.05) is 134 Å². The summed E-state index contributed by atoms with van der Waals surface area (Å²) in [6, 6.07) is -1.52. The predicted molar refractivity (Wildman–Crippen MR) is 217 cm³/mol. The van der Waals surface area contributed by atoms with Gasteiger partial charge in [-0.25, -0.2) is 4.57 Å². The van der Waals surface area contributed by atoms with E-state index in [0.29, 0.717) is 12.8 Å². The lowest BCUT2D eigenvalue weighted by atomic mass is 10.1. The van der Waals surface area contributed by atoms with Crippen molar-refractivity contribution >= 4 is 25.7 Å². The highest BCUT2D eigenvalue weighted by molar-refractivity contribution is 7.47. The van der Waals surface area contributed by atoms with Crippen LogP contribution < -0.4 is 5.73 Å². The quantitative estimate of drug-likeness (QED) is 0.0234. The van der Waals surface area contributed by atoms with Gasteiger partial charge in [-0.15, -0.1) is 0 Å². The van der Waals surface area contributed by atoms with Crippen molar-refractivity contribution < 1.29 is 47.5 Å². The minimum atomic E-state index is -4.72. The molecule has 0 rings (SSSR count). The number of aliphatic carboxylic acids is 1. The number of hydrogen-bond donors (Lipinski definition) is 3. The number of carboxylic acid groups (broad SMARTS) is 1. The Labute approximate surface area is 327 Å². The maximum atomic E-state index is 12.6. The highest BCUT2D eigenvalue weighted by Crippen LogP contribution is 2.43. The van der Waals surface area contributed by atoms with Crippen molar-refractivity contribution in [2.75, 3.05) is 19.8 Å². The fourth-order valence-electron chi connectivity index (χ4n) is 5.50. The minimum absolute atomic E-state index is 0.151. The van der Waals surface area contributed by atoms with Gasteiger partial charge in [0.25, 0.3) is 0 Å². The number of carbonyl (C=O) groups excluding carboxylic acids is 2. The normalized spacial score (nSPS) is 14.1. The fraction of sp³-hybridized carbons (Fsp3) is 0.786. The van der Waals surface area contributed by atoms with Crippen LogP contribution in [0.3, 0.4) is 0 Å². The second-order valence-corrected chi connectivity index (χ2v) is 15.6. The molecule has 54 heavy (non-hydrogen) atoms. The van der Waals surface area contributed by atoms with E-state index in [0.717, 1.165) is 77.0 Å². The van der Waals surface area contributed by atoms with E-state index < -0.39 is 51.1 Å². The highest BCUT2D eigenvalue weighted by Gasteiger charge is 2.28. The van der Waals surface area contributed by atoms with Crippen molar-refractivity contribution in [3.8, 4) is 0 Å². The molecule has 0 bridgehead atoms. The van der Waals surface area contributed by atoms with Crippen LogP contribution in [0.15, 0.2) is 36.5 Å². The van der Waals surface area contributed by atoms with Crippen LogP contribution in [0, 0.1) is 0 Å². The molecule has 0 aromatic heterocycles. The van der Waals surface area contributed by atoms with Crippen LogP contribution in [-0.4, -0.2) is 59.9 Å². The van der Waals surface area contributed by atoms with Gasteiger partial charge in [0.05, 0.1) is 13.2 Å². The third-order valence-corrected chi connectivity index (χ3v) is 9.81. The molecule has 0 heterocycles. The molecule has 0 fully saturated rings.